The molecule has 0 spiro atoms. The third-order valence-corrected chi connectivity index (χ3v) is 1.80. The Hall–Kier alpha value is -0.460. The largest absolute Gasteiger partial charge is 0.391 e. The molecule has 0 N–H and O–H groups in total. The Labute approximate surface area is 96.1 Å². The molecule has 0 aliphatic heterocycles. The van der Waals surface area contributed by atoms with Gasteiger partial charge >= 0.3 is 12.4 Å². The van der Waals surface area contributed by atoms with E-state index in [-0.39, 0.29) is 0 Å². The fourth-order valence-corrected chi connectivity index (χ4v) is 1.79. The van der Waals surface area contributed by atoms with E-state index in [0.29, 0.717) is 0 Å². The zero-order valence-electron chi connectivity index (χ0n) is 10.1. The molecule has 17 heavy (non-hydrogen) atoms. The van der Waals surface area contributed by atoms with Crippen LogP contribution in [0.5, 0.6) is 0 Å². The van der Waals surface area contributed by atoms with Crippen molar-refractivity contribution in [3.8, 4) is 0 Å². The summed E-state index contributed by atoms with van der Waals surface area (Å²) in [6.07, 6.45) is -11.5. The zero-order chi connectivity index (χ0) is 14.1. The highest BCUT2D eigenvalue weighted by atomic mass is 19.4. The van der Waals surface area contributed by atoms with E-state index < -0.39 is 36.4 Å². The standard InChI is InChI=1S/C10H16F6O/c1-7(2,5-9(11,12)13)17-8(3,4)6-10(14,15)16/h5-6H2,1-4H3. The van der Waals surface area contributed by atoms with E-state index in [9.17, 15) is 26.3 Å². The summed E-state index contributed by atoms with van der Waals surface area (Å²) in [5.74, 6) is 0. The minimum absolute atomic E-state index is 1.12. The molecule has 0 unspecified atom stereocenters. The molecule has 0 radical (unpaired) electrons. The van der Waals surface area contributed by atoms with Crippen LogP contribution in [0.15, 0.2) is 0 Å². The van der Waals surface area contributed by atoms with E-state index in [4.69, 9.17) is 4.74 Å². The molecule has 104 valence electrons. The Kier molecular flexibility index (Phi) is 4.54. The molecule has 0 aromatic carbocycles. The van der Waals surface area contributed by atoms with Gasteiger partial charge < -0.3 is 4.74 Å². The molecule has 0 rings (SSSR count). The molecule has 0 saturated carbocycles. The maximum absolute atomic E-state index is 12.2. The van der Waals surface area contributed by atoms with Crippen molar-refractivity contribution in [3.63, 3.8) is 0 Å². The van der Waals surface area contributed by atoms with E-state index in [2.05, 4.69) is 0 Å². The van der Waals surface area contributed by atoms with Gasteiger partial charge in [0.2, 0.25) is 0 Å². The Morgan fingerprint density at radius 2 is 0.882 bits per heavy atom. The normalized spacial score (nSPS) is 15.2. The van der Waals surface area contributed by atoms with Crippen LogP contribution in [-0.4, -0.2) is 23.6 Å². The second kappa shape index (κ2) is 4.66. The molecule has 0 atom stereocenters. The Balaban J connectivity index is 4.59. The van der Waals surface area contributed by atoms with Crippen molar-refractivity contribution in [2.75, 3.05) is 0 Å². The van der Waals surface area contributed by atoms with Gasteiger partial charge in [-0.2, -0.15) is 26.3 Å². The molecular formula is C10H16F6O. The van der Waals surface area contributed by atoms with Gasteiger partial charge in [0.15, 0.2) is 0 Å². The van der Waals surface area contributed by atoms with E-state index in [1.54, 1.807) is 0 Å². The van der Waals surface area contributed by atoms with E-state index in [0.717, 1.165) is 27.7 Å². The maximum Gasteiger partial charge on any atom is 0.391 e. The van der Waals surface area contributed by atoms with Crippen LogP contribution < -0.4 is 0 Å². The molecule has 0 heterocycles. The molecule has 0 aromatic rings. The highest BCUT2D eigenvalue weighted by molar-refractivity contribution is 4.81. The minimum Gasteiger partial charge on any atom is -0.369 e. The van der Waals surface area contributed by atoms with Crippen LogP contribution in [0.2, 0.25) is 0 Å². The van der Waals surface area contributed by atoms with Gasteiger partial charge in [0.25, 0.3) is 0 Å². The quantitative estimate of drug-likeness (QED) is 0.682. The maximum atomic E-state index is 12.2. The summed E-state index contributed by atoms with van der Waals surface area (Å²) in [6, 6.07) is 0. The lowest BCUT2D eigenvalue weighted by molar-refractivity contribution is -0.233. The number of hydrogen-bond donors (Lipinski definition) is 0. The summed E-state index contributed by atoms with van der Waals surface area (Å²) in [5, 5.41) is 0. The van der Waals surface area contributed by atoms with Crippen molar-refractivity contribution in [3.05, 3.63) is 0 Å². The first-order chi connectivity index (χ1) is 7.12. The monoisotopic (exact) mass is 266 g/mol. The lowest BCUT2D eigenvalue weighted by Gasteiger charge is -2.37. The van der Waals surface area contributed by atoms with Crippen LogP contribution in [0.3, 0.4) is 0 Å². The van der Waals surface area contributed by atoms with Crippen molar-refractivity contribution >= 4 is 0 Å². The SMILES string of the molecule is CC(C)(CC(F)(F)F)OC(C)(C)CC(F)(F)F. The van der Waals surface area contributed by atoms with Gasteiger partial charge in [0.05, 0.1) is 24.0 Å². The molecule has 0 aliphatic rings. The third kappa shape index (κ3) is 9.26. The van der Waals surface area contributed by atoms with Crippen LogP contribution in [-0.2, 0) is 4.74 Å². The van der Waals surface area contributed by atoms with Crippen LogP contribution in [0.25, 0.3) is 0 Å². The van der Waals surface area contributed by atoms with Crippen molar-refractivity contribution in [2.24, 2.45) is 0 Å². The molecule has 0 saturated heterocycles. The smallest absolute Gasteiger partial charge is 0.369 e. The molecule has 7 heteroatoms. The van der Waals surface area contributed by atoms with Gasteiger partial charge in [-0.1, -0.05) is 0 Å². The summed E-state index contributed by atoms with van der Waals surface area (Å²) in [7, 11) is 0. The minimum atomic E-state index is -4.47. The molecule has 1 nitrogen and oxygen atoms in total. The highest BCUT2D eigenvalue weighted by Crippen LogP contribution is 2.36. The number of hydrogen-bond acceptors (Lipinski definition) is 1. The first-order valence-corrected chi connectivity index (χ1v) is 4.96. The molecule has 0 fully saturated rings. The van der Waals surface area contributed by atoms with E-state index >= 15 is 0 Å². The summed E-state index contributed by atoms with van der Waals surface area (Å²) >= 11 is 0. The lowest BCUT2D eigenvalue weighted by atomic mass is 9.99. The summed E-state index contributed by atoms with van der Waals surface area (Å²) in [5.41, 5.74) is -3.38. The molecule has 0 aliphatic carbocycles. The van der Waals surface area contributed by atoms with Crippen molar-refractivity contribution in [1.82, 2.24) is 0 Å². The Morgan fingerprint density at radius 3 is 1.06 bits per heavy atom. The second-order valence-electron chi connectivity index (χ2n) is 5.21. The van der Waals surface area contributed by atoms with E-state index in [1.165, 1.54) is 0 Å². The fourth-order valence-electron chi connectivity index (χ4n) is 1.79. The predicted octanol–water partition coefficient (Wildman–Crippen LogP) is 4.47. The number of halogens is 6. The summed E-state index contributed by atoms with van der Waals surface area (Å²) in [6.45, 7) is 4.49. The van der Waals surface area contributed by atoms with Crippen LogP contribution in [0.4, 0.5) is 26.3 Å². The van der Waals surface area contributed by atoms with Gasteiger partial charge in [-0.15, -0.1) is 0 Å². The van der Waals surface area contributed by atoms with Crippen molar-refractivity contribution < 1.29 is 31.1 Å². The van der Waals surface area contributed by atoms with Crippen molar-refractivity contribution in [1.29, 1.82) is 0 Å². The molecule has 0 bridgehead atoms. The van der Waals surface area contributed by atoms with Crippen LogP contribution >= 0.6 is 0 Å². The summed E-state index contributed by atoms with van der Waals surface area (Å²) in [4.78, 5) is 0. The topological polar surface area (TPSA) is 9.23 Å². The average Bonchev–Trinajstić information content (AvgIpc) is 1.65. The highest BCUT2D eigenvalue weighted by Gasteiger charge is 2.44. The number of ether oxygens (including phenoxy) is 1. The number of alkyl halides is 6. The van der Waals surface area contributed by atoms with Crippen molar-refractivity contribution in [2.45, 2.75) is 64.1 Å². The predicted molar refractivity (Wildman–Crippen MR) is 50.6 cm³/mol. The average molecular weight is 266 g/mol. The van der Waals surface area contributed by atoms with Gasteiger partial charge in [0, 0.05) is 0 Å². The third-order valence-electron chi connectivity index (χ3n) is 1.80. The van der Waals surface area contributed by atoms with Gasteiger partial charge in [-0.3, -0.25) is 0 Å². The van der Waals surface area contributed by atoms with Gasteiger partial charge in [-0.25, -0.2) is 0 Å². The first kappa shape index (κ1) is 16.5. The van der Waals surface area contributed by atoms with Gasteiger partial charge in [0.1, 0.15) is 0 Å². The molecule has 0 aromatic heterocycles. The molecular weight excluding hydrogens is 250 g/mol. The fraction of sp³-hybridized carbons (Fsp3) is 1.00. The molecule has 0 amide bonds. The van der Waals surface area contributed by atoms with Crippen LogP contribution in [0, 0.1) is 0 Å². The Bertz CT molecular complexity index is 225. The van der Waals surface area contributed by atoms with E-state index in [1.807, 2.05) is 0 Å². The first-order valence-electron chi connectivity index (χ1n) is 4.96. The zero-order valence-corrected chi connectivity index (χ0v) is 10.1. The Morgan fingerprint density at radius 1 is 0.647 bits per heavy atom. The summed E-state index contributed by atoms with van der Waals surface area (Å²) < 4.78 is 77.9. The van der Waals surface area contributed by atoms with Crippen LogP contribution in [0.1, 0.15) is 40.5 Å². The number of rotatable bonds is 4. The van der Waals surface area contributed by atoms with Gasteiger partial charge in [-0.05, 0) is 27.7 Å². The second-order valence-corrected chi connectivity index (χ2v) is 5.21. The lowest BCUT2D eigenvalue weighted by Crippen LogP contribution is -2.42.